The molecule has 0 amide bonds. The minimum absolute atomic E-state index is 0.0292. The molecule has 0 saturated carbocycles. The van der Waals surface area contributed by atoms with Gasteiger partial charge in [0.1, 0.15) is 17.6 Å². The molecule has 1 rings (SSSR count). The van der Waals surface area contributed by atoms with E-state index in [4.69, 9.17) is 20.6 Å². The minimum Gasteiger partial charge on any atom is -0.497 e. The molecule has 5 heteroatoms. The Bertz CT molecular complexity index is 396. The summed E-state index contributed by atoms with van der Waals surface area (Å²) in [6.07, 6.45) is 1.45. The third-order valence-electron chi connectivity index (χ3n) is 1.73. The number of ether oxygens (including phenoxy) is 2. The van der Waals surface area contributed by atoms with Gasteiger partial charge in [-0.25, -0.2) is 0 Å². The minimum atomic E-state index is -0.0292. The molecule has 0 heterocycles. The van der Waals surface area contributed by atoms with Gasteiger partial charge in [-0.15, -0.1) is 0 Å². The van der Waals surface area contributed by atoms with E-state index in [1.54, 1.807) is 25.3 Å². The molecule has 0 aliphatic heterocycles. The lowest BCUT2D eigenvalue weighted by Gasteiger charge is -2.07. The fourth-order valence-corrected chi connectivity index (χ4v) is 1.06. The first-order valence-electron chi connectivity index (χ1n) is 4.23. The monoisotopic (exact) mass is 205 g/mol. The van der Waals surface area contributed by atoms with E-state index in [1.807, 2.05) is 6.07 Å². The standard InChI is InChI=1S/C10H11N3O2/c1-14-9-3-2-8(7-13-12)10(6-9)15-5-4-11/h2-3,6-7H,5,12H2,1H3. The van der Waals surface area contributed by atoms with Crippen LogP contribution in [0.3, 0.4) is 0 Å². The van der Waals surface area contributed by atoms with Gasteiger partial charge in [-0.3, -0.25) is 0 Å². The molecule has 0 aliphatic carbocycles. The Morgan fingerprint density at radius 1 is 1.60 bits per heavy atom. The van der Waals surface area contributed by atoms with E-state index in [9.17, 15) is 0 Å². The van der Waals surface area contributed by atoms with Crippen LogP contribution in [0, 0.1) is 11.3 Å². The zero-order valence-corrected chi connectivity index (χ0v) is 8.30. The number of hydrogen-bond donors (Lipinski definition) is 1. The maximum Gasteiger partial charge on any atom is 0.174 e. The molecule has 0 spiro atoms. The van der Waals surface area contributed by atoms with Gasteiger partial charge in [-0.1, -0.05) is 0 Å². The molecule has 15 heavy (non-hydrogen) atoms. The number of benzene rings is 1. The largest absolute Gasteiger partial charge is 0.497 e. The number of rotatable bonds is 4. The van der Waals surface area contributed by atoms with Crippen LogP contribution < -0.4 is 15.3 Å². The van der Waals surface area contributed by atoms with Crippen molar-refractivity contribution in [1.82, 2.24) is 0 Å². The van der Waals surface area contributed by atoms with Crippen molar-refractivity contribution in [3.63, 3.8) is 0 Å². The highest BCUT2D eigenvalue weighted by Gasteiger charge is 2.03. The van der Waals surface area contributed by atoms with Crippen molar-refractivity contribution in [3.05, 3.63) is 23.8 Å². The summed E-state index contributed by atoms with van der Waals surface area (Å²) in [5.74, 6) is 6.21. The molecule has 78 valence electrons. The smallest absolute Gasteiger partial charge is 0.174 e. The molecule has 1 aromatic rings. The topological polar surface area (TPSA) is 80.6 Å². The first-order chi connectivity index (χ1) is 7.31. The molecule has 5 nitrogen and oxygen atoms in total. The van der Waals surface area contributed by atoms with Crippen molar-refractivity contribution >= 4 is 6.21 Å². The molecule has 0 fully saturated rings. The van der Waals surface area contributed by atoms with Crippen molar-refractivity contribution in [2.75, 3.05) is 13.7 Å². The second-order valence-electron chi connectivity index (χ2n) is 2.63. The van der Waals surface area contributed by atoms with Gasteiger partial charge in [0.2, 0.25) is 0 Å². The van der Waals surface area contributed by atoms with E-state index in [0.717, 1.165) is 0 Å². The Balaban J connectivity index is 3.00. The van der Waals surface area contributed by atoms with Crippen LogP contribution in [-0.2, 0) is 0 Å². The van der Waals surface area contributed by atoms with Crippen molar-refractivity contribution in [1.29, 1.82) is 5.26 Å². The molecule has 1 aromatic carbocycles. The third kappa shape index (κ3) is 2.88. The van der Waals surface area contributed by atoms with Crippen LogP contribution >= 0.6 is 0 Å². The fourth-order valence-electron chi connectivity index (χ4n) is 1.06. The molecule has 2 N–H and O–H groups in total. The van der Waals surface area contributed by atoms with Crippen LogP contribution in [0.15, 0.2) is 23.3 Å². The van der Waals surface area contributed by atoms with E-state index in [-0.39, 0.29) is 6.61 Å². The number of nitrogens with two attached hydrogens (primary N) is 1. The first kappa shape index (κ1) is 10.9. The lowest BCUT2D eigenvalue weighted by atomic mass is 10.2. The van der Waals surface area contributed by atoms with E-state index in [1.165, 1.54) is 6.21 Å². The van der Waals surface area contributed by atoms with Crippen molar-refractivity contribution < 1.29 is 9.47 Å². The average molecular weight is 205 g/mol. The summed E-state index contributed by atoms with van der Waals surface area (Å²) in [7, 11) is 1.56. The highest BCUT2D eigenvalue weighted by Crippen LogP contribution is 2.23. The summed E-state index contributed by atoms with van der Waals surface area (Å²) in [5, 5.41) is 11.8. The Labute approximate surface area is 87.7 Å². The second kappa shape index (κ2) is 5.50. The highest BCUT2D eigenvalue weighted by molar-refractivity contribution is 5.83. The predicted molar refractivity (Wildman–Crippen MR) is 55.9 cm³/mol. The number of nitriles is 1. The zero-order chi connectivity index (χ0) is 11.1. The summed E-state index contributed by atoms with van der Waals surface area (Å²) < 4.78 is 10.2. The van der Waals surface area contributed by atoms with Gasteiger partial charge in [0.05, 0.1) is 13.3 Å². The molecular formula is C10H11N3O2. The van der Waals surface area contributed by atoms with Crippen molar-refractivity contribution in [2.45, 2.75) is 0 Å². The van der Waals surface area contributed by atoms with Crippen LogP contribution in [0.4, 0.5) is 0 Å². The number of methoxy groups -OCH3 is 1. The van der Waals surface area contributed by atoms with E-state index < -0.39 is 0 Å². The Kier molecular flexibility index (Phi) is 3.98. The number of nitrogens with zero attached hydrogens (tertiary/aromatic N) is 2. The highest BCUT2D eigenvalue weighted by atomic mass is 16.5. The summed E-state index contributed by atoms with van der Waals surface area (Å²) >= 11 is 0. The van der Waals surface area contributed by atoms with Gasteiger partial charge in [-0.05, 0) is 12.1 Å². The predicted octanol–water partition coefficient (Wildman–Crippen LogP) is 0.890. The summed E-state index contributed by atoms with van der Waals surface area (Å²) in [4.78, 5) is 0. The molecule has 0 saturated heterocycles. The summed E-state index contributed by atoms with van der Waals surface area (Å²) in [6.45, 7) is -0.0292. The Morgan fingerprint density at radius 3 is 3.00 bits per heavy atom. The molecule has 0 unspecified atom stereocenters. The molecule has 0 aromatic heterocycles. The van der Waals surface area contributed by atoms with Crippen LogP contribution in [-0.4, -0.2) is 19.9 Å². The molecule has 0 radical (unpaired) electrons. The van der Waals surface area contributed by atoms with Crippen molar-refractivity contribution in [2.24, 2.45) is 10.9 Å². The molecule has 0 bridgehead atoms. The SMILES string of the molecule is COc1ccc(C=NN)c(OCC#N)c1. The lowest BCUT2D eigenvalue weighted by Crippen LogP contribution is -1.99. The average Bonchev–Trinajstić information content (AvgIpc) is 2.28. The zero-order valence-electron chi connectivity index (χ0n) is 8.30. The van der Waals surface area contributed by atoms with Gasteiger partial charge < -0.3 is 15.3 Å². The summed E-state index contributed by atoms with van der Waals surface area (Å²) in [6, 6.07) is 7.07. The van der Waals surface area contributed by atoms with Crippen LogP contribution in [0.1, 0.15) is 5.56 Å². The van der Waals surface area contributed by atoms with Gasteiger partial charge in [0.15, 0.2) is 6.61 Å². The van der Waals surface area contributed by atoms with Gasteiger partial charge in [-0.2, -0.15) is 10.4 Å². The van der Waals surface area contributed by atoms with Crippen LogP contribution in [0.2, 0.25) is 0 Å². The quantitative estimate of drug-likeness (QED) is 0.449. The van der Waals surface area contributed by atoms with Gasteiger partial charge >= 0.3 is 0 Å². The molecule has 0 aliphatic rings. The Hall–Kier alpha value is -2.22. The normalized spacial score (nSPS) is 9.87. The Morgan fingerprint density at radius 2 is 2.40 bits per heavy atom. The van der Waals surface area contributed by atoms with Crippen molar-refractivity contribution in [3.8, 4) is 17.6 Å². The summed E-state index contributed by atoms with van der Waals surface area (Å²) in [5.41, 5.74) is 0.702. The van der Waals surface area contributed by atoms with Crippen LogP contribution in [0.5, 0.6) is 11.5 Å². The van der Waals surface area contributed by atoms with Gasteiger partial charge in [0.25, 0.3) is 0 Å². The number of hydrogen-bond acceptors (Lipinski definition) is 5. The van der Waals surface area contributed by atoms with E-state index in [0.29, 0.717) is 17.1 Å². The van der Waals surface area contributed by atoms with Gasteiger partial charge in [0, 0.05) is 11.6 Å². The molecular weight excluding hydrogens is 194 g/mol. The first-order valence-corrected chi connectivity index (χ1v) is 4.23. The number of hydrazone groups is 1. The maximum atomic E-state index is 8.41. The second-order valence-corrected chi connectivity index (χ2v) is 2.63. The lowest BCUT2D eigenvalue weighted by molar-refractivity contribution is 0.361. The van der Waals surface area contributed by atoms with E-state index in [2.05, 4.69) is 5.10 Å². The maximum absolute atomic E-state index is 8.41. The molecule has 0 atom stereocenters. The fraction of sp³-hybridized carbons (Fsp3) is 0.200. The van der Waals surface area contributed by atoms with Crippen LogP contribution in [0.25, 0.3) is 0 Å². The third-order valence-corrected chi connectivity index (χ3v) is 1.73. The van der Waals surface area contributed by atoms with E-state index >= 15 is 0 Å².